The van der Waals surface area contributed by atoms with E-state index in [9.17, 15) is 9.18 Å². The smallest absolute Gasteiger partial charge is 0.341 e. The summed E-state index contributed by atoms with van der Waals surface area (Å²) < 4.78 is 14.3. The number of hydrogen-bond acceptors (Lipinski definition) is 1. The van der Waals surface area contributed by atoms with Crippen molar-refractivity contribution in [1.82, 2.24) is 0 Å². The van der Waals surface area contributed by atoms with Crippen LogP contribution in [-0.2, 0) is 11.2 Å². The minimum Gasteiger partial charge on any atom is -0.479 e. The molecule has 1 aromatic carbocycles. The second kappa shape index (κ2) is 4.75. The predicted octanol–water partition coefficient (Wildman–Crippen LogP) is 3.19. The maximum Gasteiger partial charge on any atom is 0.341 e. The van der Waals surface area contributed by atoms with Gasteiger partial charge in [0.05, 0.1) is 0 Å². The highest BCUT2D eigenvalue weighted by molar-refractivity contribution is 9.10. The Kier molecular flexibility index (Phi) is 3.85. The molecule has 0 heterocycles. The maximum atomic E-state index is 13.4. The molecule has 0 amide bonds. The van der Waals surface area contributed by atoms with Gasteiger partial charge in [0.15, 0.2) is 0 Å². The van der Waals surface area contributed by atoms with E-state index in [4.69, 9.17) is 5.11 Å². The van der Waals surface area contributed by atoms with Crippen LogP contribution in [0.2, 0.25) is 0 Å². The van der Waals surface area contributed by atoms with Crippen molar-refractivity contribution in [2.24, 2.45) is 0 Å². The second-order valence-corrected chi connectivity index (χ2v) is 4.45. The molecule has 0 aliphatic heterocycles. The average Bonchev–Trinajstić information content (AvgIpc) is 2.16. The molecular weight excluding hydrogens is 263 g/mol. The summed E-state index contributed by atoms with van der Waals surface area (Å²) in [5.41, 5.74) is -1.24. The Balaban J connectivity index is 2.66. The van der Waals surface area contributed by atoms with Crippen LogP contribution in [0, 0.1) is 0 Å². The van der Waals surface area contributed by atoms with Crippen molar-refractivity contribution in [3.63, 3.8) is 0 Å². The molecule has 0 radical (unpaired) electrons. The molecular formula is C11H12BrFO2. The average molecular weight is 275 g/mol. The van der Waals surface area contributed by atoms with Crippen molar-refractivity contribution in [3.05, 3.63) is 34.3 Å². The lowest BCUT2D eigenvalue weighted by atomic mass is 9.99. The number of rotatable bonds is 4. The zero-order valence-corrected chi connectivity index (χ0v) is 9.92. The number of aliphatic carboxylic acids is 1. The third kappa shape index (κ3) is 3.30. The molecule has 1 unspecified atom stereocenters. The minimum atomic E-state index is -2.16. The number of carbonyl (C=O) groups is 1. The van der Waals surface area contributed by atoms with Gasteiger partial charge >= 0.3 is 5.97 Å². The van der Waals surface area contributed by atoms with E-state index >= 15 is 0 Å². The first kappa shape index (κ1) is 12.2. The molecule has 0 fully saturated rings. The Labute approximate surface area is 96.2 Å². The summed E-state index contributed by atoms with van der Waals surface area (Å²) in [6, 6.07) is 7.41. The third-order valence-corrected chi connectivity index (χ3v) is 3.04. The number of aryl methyl sites for hydroxylation is 1. The normalized spacial score (nSPS) is 14.6. The second-order valence-electron chi connectivity index (χ2n) is 3.59. The van der Waals surface area contributed by atoms with Gasteiger partial charge in [-0.1, -0.05) is 34.1 Å². The van der Waals surface area contributed by atoms with Crippen LogP contribution in [0.5, 0.6) is 0 Å². The fraction of sp³-hybridized carbons (Fsp3) is 0.364. The molecule has 0 saturated heterocycles. The summed E-state index contributed by atoms with van der Waals surface area (Å²) >= 11 is 3.33. The van der Waals surface area contributed by atoms with Crippen molar-refractivity contribution in [3.8, 4) is 0 Å². The Morgan fingerprint density at radius 3 is 2.67 bits per heavy atom. The number of halogens is 2. The molecule has 1 rings (SSSR count). The predicted molar refractivity (Wildman–Crippen MR) is 59.6 cm³/mol. The maximum absolute atomic E-state index is 13.4. The Hall–Kier alpha value is -0.900. The van der Waals surface area contributed by atoms with Gasteiger partial charge in [-0.3, -0.25) is 0 Å². The Morgan fingerprint density at radius 1 is 1.53 bits per heavy atom. The summed E-state index contributed by atoms with van der Waals surface area (Å²) in [6.07, 6.45) is 0.381. The molecule has 0 saturated carbocycles. The highest BCUT2D eigenvalue weighted by Crippen LogP contribution is 2.23. The van der Waals surface area contributed by atoms with Gasteiger partial charge in [0.1, 0.15) is 0 Å². The first-order valence-electron chi connectivity index (χ1n) is 4.59. The van der Waals surface area contributed by atoms with Crippen molar-refractivity contribution < 1.29 is 14.3 Å². The van der Waals surface area contributed by atoms with Crippen molar-refractivity contribution in [1.29, 1.82) is 0 Å². The summed E-state index contributed by atoms with van der Waals surface area (Å²) in [6.45, 7) is 1.09. The molecule has 0 aromatic heterocycles. The summed E-state index contributed by atoms with van der Waals surface area (Å²) in [5.74, 6) is -1.41. The van der Waals surface area contributed by atoms with Crippen molar-refractivity contribution in [2.45, 2.75) is 25.4 Å². The van der Waals surface area contributed by atoms with E-state index < -0.39 is 11.6 Å². The van der Waals surface area contributed by atoms with Gasteiger partial charge in [0.2, 0.25) is 5.67 Å². The van der Waals surface area contributed by atoms with E-state index in [0.717, 1.165) is 17.0 Å². The van der Waals surface area contributed by atoms with Gasteiger partial charge in [-0.25, -0.2) is 9.18 Å². The quantitative estimate of drug-likeness (QED) is 0.916. The zero-order chi connectivity index (χ0) is 11.5. The molecule has 82 valence electrons. The van der Waals surface area contributed by atoms with Gasteiger partial charge in [0, 0.05) is 4.47 Å². The number of carboxylic acid groups (broad SMARTS) is 1. The lowest BCUT2D eigenvalue weighted by Crippen LogP contribution is -2.30. The molecule has 2 nitrogen and oxygen atoms in total. The van der Waals surface area contributed by atoms with E-state index in [0.29, 0.717) is 6.42 Å². The SMILES string of the molecule is CC(F)(CCc1ccccc1Br)C(=O)O. The monoisotopic (exact) mass is 274 g/mol. The lowest BCUT2D eigenvalue weighted by Gasteiger charge is -2.14. The molecule has 0 aliphatic carbocycles. The van der Waals surface area contributed by atoms with E-state index in [1.165, 1.54) is 0 Å². The fourth-order valence-corrected chi connectivity index (χ4v) is 1.66. The minimum absolute atomic E-state index is 0.0229. The molecule has 1 N–H and O–H groups in total. The van der Waals surface area contributed by atoms with Crippen LogP contribution in [0.1, 0.15) is 18.9 Å². The van der Waals surface area contributed by atoms with E-state index in [-0.39, 0.29) is 6.42 Å². The molecule has 0 bridgehead atoms. The van der Waals surface area contributed by atoms with E-state index in [1.807, 2.05) is 24.3 Å². The summed E-state index contributed by atoms with van der Waals surface area (Å²) in [7, 11) is 0. The van der Waals surface area contributed by atoms with Crippen LogP contribution in [0.15, 0.2) is 28.7 Å². The number of hydrogen-bond donors (Lipinski definition) is 1. The lowest BCUT2D eigenvalue weighted by molar-refractivity contribution is -0.150. The molecule has 1 atom stereocenters. The van der Waals surface area contributed by atoms with Gasteiger partial charge in [-0.2, -0.15) is 0 Å². The van der Waals surface area contributed by atoms with Gasteiger partial charge in [-0.15, -0.1) is 0 Å². The highest BCUT2D eigenvalue weighted by Gasteiger charge is 2.32. The number of carboxylic acids is 1. The number of benzene rings is 1. The third-order valence-electron chi connectivity index (χ3n) is 2.27. The molecule has 1 aromatic rings. The number of alkyl halides is 1. The largest absolute Gasteiger partial charge is 0.479 e. The van der Waals surface area contributed by atoms with E-state index in [1.54, 1.807) is 0 Å². The van der Waals surface area contributed by atoms with Gasteiger partial charge in [-0.05, 0) is 31.4 Å². The fourth-order valence-electron chi connectivity index (χ4n) is 1.18. The van der Waals surface area contributed by atoms with E-state index in [2.05, 4.69) is 15.9 Å². The molecule has 4 heteroatoms. The van der Waals surface area contributed by atoms with Gasteiger partial charge in [0.25, 0.3) is 0 Å². The molecule has 15 heavy (non-hydrogen) atoms. The van der Waals surface area contributed by atoms with Crippen LogP contribution in [0.4, 0.5) is 4.39 Å². The topological polar surface area (TPSA) is 37.3 Å². The zero-order valence-electron chi connectivity index (χ0n) is 8.34. The first-order chi connectivity index (χ1) is 6.93. The Bertz CT molecular complexity index is 363. The highest BCUT2D eigenvalue weighted by atomic mass is 79.9. The summed E-state index contributed by atoms with van der Waals surface area (Å²) in [5, 5.41) is 8.60. The van der Waals surface area contributed by atoms with Crippen LogP contribution in [0.3, 0.4) is 0 Å². The standard InChI is InChI=1S/C11H12BrFO2/c1-11(13,10(14)15)7-6-8-4-2-3-5-9(8)12/h2-5H,6-7H2,1H3,(H,14,15). The van der Waals surface area contributed by atoms with Crippen LogP contribution in [0.25, 0.3) is 0 Å². The van der Waals surface area contributed by atoms with Crippen LogP contribution < -0.4 is 0 Å². The van der Waals surface area contributed by atoms with Crippen LogP contribution >= 0.6 is 15.9 Å². The molecule has 0 spiro atoms. The summed E-state index contributed by atoms with van der Waals surface area (Å²) in [4.78, 5) is 10.5. The van der Waals surface area contributed by atoms with Crippen molar-refractivity contribution >= 4 is 21.9 Å². The first-order valence-corrected chi connectivity index (χ1v) is 5.38. The van der Waals surface area contributed by atoms with Crippen LogP contribution in [-0.4, -0.2) is 16.7 Å². The van der Waals surface area contributed by atoms with Crippen molar-refractivity contribution in [2.75, 3.05) is 0 Å². The molecule has 0 aliphatic rings. The Morgan fingerprint density at radius 2 is 2.13 bits per heavy atom. The van der Waals surface area contributed by atoms with Gasteiger partial charge < -0.3 is 5.11 Å².